The molecule has 0 spiro atoms. The van der Waals surface area contributed by atoms with E-state index in [0.29, 0.717) is 23.3 Å². The van der Waals surface area contributed by atoms with Gasteiger partial charge in [0.15, 0.2) is 0 Å². The Labute approximate surface area is 221 Å². The summed E-state index contributed by atoms with van der Waals surface area (Å²) in [5, 5.41) is 14.5. The van der Waals surface area contributed by atoms with Crippen molar-refractivity contribution in [3.05, 3.63) is 78.1 Å². The van der Waals surface area contributed by atoms with Crippen LogP contribution in [0.4, 0.5) is 4.39 Å². The third-order valence-corrected chi connectivity index (χ3v) is 8.13. The fourth-order valence-corrected chi connectivity index (χ4v) is 6.45. The molecule has 2 aliphatic heterocycles. The van der Waals surface area contributed by atoms with Crippen molar-refractivity contribution >= 4 is 11.6 Å². The summed E-state index contributed by atoms with van der Waals surface area (Å²) in [7, 11) is 0. The number of carbonyl (C=O) groups is 1. The van der Waals surface area contributed by atoms with E-state index in [1.807, 2.05) is 30.5 Å². The zero-order valence-corrected chi connectivity index (χ0v) is 21.9. The lowest BCUT2D eigenvalue weighted by Gasteiger charge is -2.52. The minimum Gasteiger partial charge on any atom is -0.376 e. The number of halogens is 1. The van der Waals surface area contributed by atoms with Crippen LogP contribution in [-0.4, -0.2) is 54.1 Å². The van der Waals surface area contributed by atoms with Gasteiger partial charge in [0.25, 0.3) is 5.91 Å². The Hall–Kier alpha value is -3.62. The number of benzene rings is 1. The lowest BCUT2D eigenvalue weighted by atomic mass is 9.82. The summed E-state index contributed by atoms with van der Waals surface area (Å²) in [6.45, 7) is 6.89. The molecular formula is C30H32FN5O2. The van der Waals surface area contributed by atoms with Gasteiger partial charge in [-0.1, -0.05) is 6.07 Å². The third kappa shape index (κ3) is 4.18. The first-order chi connectivity index (χ1) is 18.1. The van der Waals surface area contributed by atoms with E-state index in [4.69, 9.17) is 0 Å². The number of hydrogen-bond acceptors (Lipinski definition) is 5. The normalized spacial score (nSPS) is 22.9. The molecule has 2 atom stereocenters. The summed E-state index contributed by atoms with van der Waals surface area (Å²) in [6, 6.07) is 12.5. The van der Waals surface area contributed by atoms with Gasteiger partial charge < -0.3 is 10.4 Å². The van der Waals surface area contributed by atoms with Gasteiger partial charge in [-0.05, 0) is 82.0 Å². The third-order valence-electron chi connectivity index (χ3n) is 8.13. The number of hydrogen-bond donors (Lipinski definition) is 2. The standard InChI is InChI=1S/C30H32FN5O2/c1-19-14-20(7-9-24(19)31)27-23(6-4-12-32-27)21-8-10-26-33-17-25(35(26)18-21)28(37)34-22-15-29(2,3)36-13-5-11-30(36,38)16-22/h4,6-10,12,14,17-18,22,38H,5,11,13,15-16H2,1-3H3,(H,34,37)/t22-,30+/m0/s1. The first-order valence-electron chi connectivity index (χ1n) is 13.1. The average Bonchev–Trinajstić information content (AvgIpc) is 3.49. The maximum absolute atomic E-state index is 13.9. The predicted molar refractivity (Wildman–Crippen MR) is 144 cm³/mol. The predicted octanol–water partition coefficient (Wildman–Crippen LogP) is 4.97. The number of carbonyl (C=O) groups excluding carboxylic acids is 1. The highest BCUT2D eigenvalue weighted by molar-refractivity contribution is 5.94. The van der Waals surface area contributed by atoms with Gasteiger partial charge in [-0.3, -0.25) is 19.1 Å². The van der Waals surface area contributed by atoms with Gasteiger partial charge in [-0.2, -0.15) is 0 Å². The number of piperidine rings is 1. The molecule has 38 heavy (non-hydrogen) atoms. The van der Waals surface area contributed by atoms with Gasteiger partial charge in [-0.25, -0.2) is 9.37 Å². The number of pyridine rings is 2. The number of fused-ring (bicyclic) bond motifs is 2. The number of amides is 1. The maximum atomic E-state index is 13.9. The minimum atomic E-state index is -0.873. The number of aromatic nitrogens is 3. The summed E-state index contributed by atoms with van der Waals surface area (Å²) in [4.78, 5) is 24.7. The molecule has 0 aliphatic carbocycles. The van der Waals surface area contributed by atoms with Crippen LogP contribution in [0.2, 0.25) is 0 Å². The molecular weight excluding hydrogens is 481 g/mol. The van der Waals surface area contributed by atoms with Gasteiger partial charge in [0.05, 0.1) is 11.9 Å². The molecule has 2 aliphatic rings. The van der Waals surface area contributed by atoms with E-state index in [9.17, 15) is 14.3 Å². The summed E-state index contributed by atoms with van der Waals surface area (Å²) >= 11 is 0. The fraction of sp³-hybridized carbons (Fsp3) is 0.367. The number of nitrogens with one attached hydrogen (secondary N) is 1. The summed E-state index contributed by atoms with van der Waals surface area (Å²) in [5.41, 5.74) is 3.87. The Kier molecular flexibility index (Phi) is 5.85. The Morgan fingerprint density at radius 2 is 1.95 bits per heavy atom. The van der Waals surface area contributed by atoms with Crippen molar-refractivity contribution in [1.29, 1.82) is 0 Å². The smallest absolute Gasteiger partial charge is 0.270 e. The maximum Gasteiger partial charge on any atom is 0.270 e. The van der Waals surface area contributed by atoms with Crippen molar-refractivity contribution in [3.8, 4) is 22.4 Å². The molecule has 5 heterocycles. The van der Waals surface area contributed by atoms with Crippen molar-refractivity contribution in [2.75, 3.05) is 6.54 Å². The lowest BCUT2D eigenvalue weighted by Crippen LogP contribution is -2.63. The molecule has 0 saturated carbocycles. The first kappa shape index (κ1) is 24.7. The van der Waals surface area contributed by atoms with Crippen LogP contribution in [0.1, 0.15) is 55.6 Å². The van der Waals surface area contributed by atoms with E-state index in [1.165, 1.54) is 6.07 Å². The van der Waals surface area contributed by atoms with Gasteiger partial charge in [0.2, 0.25) is 0 Å². The first-order valence-corrected chi connectivity index (χ1v) is 13.1. The summed E-state index contributed by atoms with van der Waals surface area (Å²) in [6.07, 6.45) is 8.17. The van der Waals surface area contributed by atoms with Crippen LogP contribution in [0.15, 0.2) is 61.1 Å². The molecule has 6 rings (SSSR count). The van der Waals surface area contributed by atoms with E-state index >= 15 is 0 Å². The van der Waals surface area contributed by atoms with Crippen LogP contribution in [0.25, 0.3) is 28.0 Å². The molecule has 0 radical (unpaired) electrons. The number of rotatable bonds is 4. The summed E-state index contributed by atoms with van der Waals surface area (Å²) in [5.74, 6) is -0.470. The van der Waals surface area contributed by atoms with Crippen LogP contribution in [-0.2, 0) is 0 Å². The second-order valence-electron chi connectivity index (χ2n) is 11.3. The van der Waals surface area contributed by atoms with Gasteiger partial charge in [-0.15, -0.1) is 0 Å². The quantitative estimate of drug-likeness (QED) is 0.403. The zero-order chi connectivity index (χ0) is 26.7. The van der Waals surface area contributed by atoms with E-state index < -0.39 is 5.72 Å². The number of nitrogens with zero attached hydrogens (tertiary/aromatic N) is 4. The molecule has 8 heteroatoms. The van der Waals surface area contributed by atoms with Crippen molar-refractivity contribution in [2.45, 2.75) is 63.8 Å². The topological polar surface area (TPSA) is 82.8 Å². The van der Waals surface area contributed by atoms with Crippen LogP contribution in [0, 0.1) is 12.7 Å². The highest BCUT2D eigenvalue weighted by Crippen LogP contribution is 2.43. The number of aryl methyl sites for hydroxylation is 1. The van der Waals surface area contributed by atoms with Crippen LogP contribution in [0.3, 0.4) is 0 Å². The zero-order valence-electron chi connectivity index (χ0n) is 21.9. The number of imidazole rings is 1. The fourth-order valence-electron chi connectivity index (χ4n) is 6.45. The molecule has 2 fully saturated rings. The molecule has 196 valence electrons. The molecule has 2 saturated heterocycles. The van der Waals surface area contributed by atoms with Crippen LogP contribution < -0.4 is 5.32 Å². The second-order valence-corrected chi connectivity index (χ2v) is 11.3. The molecule has 2 N–H and O–H groups in total. The Morgan fingerprint density at radius 1 is 1.13 bits per heavy atom. The molecule has 0 bridgehead atoms. The van der Waals surface area contributed by atoms with Gasteiger partial charge in [0, 0.05) is 53.6 Å². The van der Waals surface area contributed by atoms with Crippen molar-refractivity contribution < 1.29 is 14.3 Å². The molecule has 3 aromatic heterocycles. The van der Waals surface area contributed by atoms with Crippen molar-refractivity contribution in [3.63, 3.8) is 0 Å². The Morgan fingerprint density at radius 3 is 2.76 bits per heavy atom. The van der Waals surface area contributed by atoms with Gasteiger partial charge in [0.1, 0.15) is 22.9 Å². The average molecular weight is 514 g/mol. The molecule has 0 unspecified atom stereocenters. The second kappa shape index (κ2) is 8.99. The highest BCUT2D eigenvalue weighted by atomic mass is 19.1. The minimum absolute atomic E-state index is 0.141. The van der Waals surface area contributed by atoms with Crippen molar-refractivity contribution in [1.82, 2.24) is 24.6 Å². The SMILES string of the molecule is Cc1cc(-c2ncccc2-c2ccc3ncc(C(=O)N[C@H]4CC(C)(C)N5CCC[C@@]5(O)C4)n3c2)ccc1F. The monoisotopic (exact) mass is 513 g/mol. The molecule has 4 aromatic rings. The summed E-state index contributed by atoms with van der Waals surface area (Å²) < 4.78 is 15.7. The van der Waals surface area contributed by atoms with E-state index in [2.05, 4.69) is 34.0 Å². The molecule has 1 aromatic carbocycles. The van der Waals surface area contributed by atoms with Crippen LogP contribution in [0.5, 0.6) is 0 Å². The van der Waals surface area contributed by atoms with Crippen molar-refractivity contribution in [2.24, 2.45) is 0 Å². The Bertz CT molecular complexity index is 1550. The van der Waals surface area contributed by atoms with Crippen LogP contribution >= 0.6 is 0 Å². The van der Waals surface area contributed by atoms with E-state index in [0.717, 1.165) is 48.2 Å². The van der Waals surface area contributed by atoms with E-state index in [1.54, 1.807) is 35.9 Å². The molecule has 7 nitrogen and oxygen atoms in total. The number of aliphatic hydroxyl groups is 1. The van der Waals surface area contributed by atoms with E-state index in [-0.39, 0.29) is 23.3 Å². The Balaban J connectivity index is 1.32. The largest absolute Gasteiger partial charge is 0.376 e. The van der Waals surface area contributed by atoms with Gasteiger partial charge >= 0.3 is 0 Å². The molecule has 1 amide bonds. The highest BCUT2D eigenvalue weighted by Gasteiger charge is 2.52. The lowest BCUT2D eigenvalue weighted by molar-refractivity contribution is -0.160.